The van der Waals surface area contributed by atoms with Crippen molar-refractivity contribution in [1.29, 1.82) is 0 Å². The number of methoxy groups -OCH3 is 1. The van der Waals surface area contributed by atoms with Crippen LogP contribution in [-0.4, -0.2) is 62.8 Å². The summed E-state index contributed by atoms with van der Waals surface area (Å²) in [6.07, 6.45) is 0.919. The molecule has 1 aromatic carbocycles. The van der Waals surface area contributed by atoms with E-state index in [1.54, 1.807) is 7.11 Å². The van der Waals surface area contributed by atoms with E-state index in [1.807, 2.05) is 23.1 Å². The number of anilines is 1. The molecule has 0 spiro atoms. The van der Waals surface area contributed by atoms with Crippen molar-refractivity contribution >= 4 is 48.0 Å². The summed E-state index contributed by atoms with van der Waals surface area (Å²) in [5, 5.41) is 4.02. The first kappa shape index (κ1) is 22.3. The number of nitrogens with one attached hydrogen (secondary N) is 1. The number of ether oxygens (including phenoxy) is 1. The lowest BCUT2D eigenvalue weighted by Gasteiger charge is -2.37. The predicted octanol–water partition coefficient (Wildman–Crippen LogP) is 2.52. The van der Waals surface area contributed by atoms with Crippen LogP contribution in [0.2, 0.25) is 5.02 Å². The Labute approximate surface area is 166 Å². The SMILES string of the molecule is CO[C@@H]1CN[C@H](C(=O)N2CCN(c3cc(Cl)ccc3C)CC2)C1.Cl.Cl. The average molecular weight is 411 g/mol. The second-order valence-electron chi connectivity index (χ2n) is 6.30. The molecule has 0 bridgehead atoms. The van der Waals surface area contributed by atoms with E-state index in [-0.39, 0.29) is 42.9 Å². The maximum absolute atomic E-state index is 12.6. The molecule has 0 radical (unpaired) electrons. The minimum atomic E-state index is -0.0978. The highest BCUT2D eigenvalue weighted by Gasteiger charge is 2.33. The molecule has 1 aromatic rings. The van der Waals surface area contributed by atoms with Crippen LogP contribution < -0.4 is 10.2 Å². The first-order valence-corrected chi connectivity index (χ1v) is 8.52. The Bertz CT molecular complexity index is 580. The number of amides is 1. The Morgan fingerprint density at radius 3 is 2.52 bits per heavy atom. The molecule has 0 unspecified atom stereocenters. The third-order valence-corrected chi connectivity index (χ3v) is 5.06. The van der Waals surface area contributed by atoms with Crippen molar-refractivity contribution in [1.82, 2.24) is 10.2 Å². The number of hydrogen-bond donors (Lipinski definition) is 1. The number of aryl methyl sites for hydroxylation is 1. The van der Waals surface area contributed by atoms with Gasteiger partial charge in [0.1, 0.15) is 0 Å². The molecule has 0 aliphatic carbocycles. The molecule has 3 rings (SSSR count). The van der Waals surface area contributed by atoms with Gasteiger partial charge in [0.25, 0.3) is 0 Å². The van der Waals surface area contributed by atoms with Crippen molar-refractivity contribution in [3.05, 3.63) is 28.8 Å². The van der Waals surface area contributed by atoms with Crippen LogP contribution in [0.4, 0.5) is 5.69 Å². The summed E-state index contributed by atoms with van der Waals surface area (Å²) < 4.78 is 5.32. The molecule has 8 heteroatoms. The fourth-order valence-corrected chi connectivity index (χ4v) is 3.55. The van der Waals surface area contributed by atoms with Crippen LogP contribution in [0.15, 0.2) is 18.2 Å². The lowest BCUT2D eigenvalue weighted by Crippen LogP contribution is -2.53. The van der Waals surface area contributed by atoms with Crippen molar-refractivity contribution in [2.24, 2.45) is 0 Å². The number of carbonyl (C=O) groups is 1. The van der Waals surface area contributed by atoms with Crippen molar-refractivity contribution in [3.63, 3.8) is 0 Å². The third-order valence-electron chi connectivity index (χ3n) is 4.83. The van der Waals surface area contributed by atoms with E-state index < -0.39 is 0 Å². The summed E-state index contributed by atoms with van der Waals surface area (Å²) in [5.41, 5.74) is 2.39. The summed E-state index contributed by atoms with van der Waals surface area (Å²) in [5.74, 6) is 0.201. The van der Waals surface area contributed by atoms with Gasteiger partial charge in [-0.05, 0) is 31.0 Å². The number of carbonyl (C=O) groups excluding carboxylic acids is 1. The maximum atomic E-state index is 12.6. The van der Waals surface area contributed by atoms with Crippen LogP contribution >= 0.6 is 36.4 Å². The maximum Gasteiger partial charge on any atom is 0.239 e. The smallest absolute Gasteiger partial charge is 0.239 e. The normalized spacial score (nSPS) is 23.0. The molecule has 142 valence electrons. The van der Waals surface area contributed by atoms with E-state index in [1.165, 1.54) is 11.3 Å². The first-order chi connectivity index (χ1) is 11.1. The molecule has 1 amide bonds. The lowest BCUT2D eigenvalue weighted by atomic mass is 10.1. The number of hydrogen-bond acceptors (Lipinski definition) is 4. The molecule has 0 saturated carbocycles. The molecule has 2 heterocycles. The van der Waals surface area contributed by atoms with Gasteiger partial charge in [0.15, 0.2) is 0 Å². The van der Waals surface area contributed by atoms with Gasteiger partial charge < -0.3 is 19.9 Å². The molecule has 5 nitrogen and oxygen atoms in total. The second-order valence-corrected chi connectivity index (χ2v) is 6.73. The summed E-state index contributed by atoms with van der Waals surface area (Å²) in [7, 11) is 1.70. The predicted molar refractivity (Wildman–Crippen MR) is 107 cm³/mol. The number of benzene rings is 1. The van der Waals surface area contributed by atoms with Gasteiger partial charge in [-0.15, -0.1) is 24.8 Å². The van der Waals surface area contributed by atoms with E-state index in [0.717, 1.165) is 44.2 Å². The molecule has 0 aromatic heterocycles. The van der Waals surface area contributed by atoms with Gasteiger partial charge in [-0.1, -0.05) is 17.7 Å². The van der Waals surface area contributed by atoms with Gasteiger partial charge in [-0.3, -0.25) is 4.79 Å². The molecule has 2 atom stereocenters. The van der Waals surface area contributed by atoms with Crippen LogP contribution in [0.3, 0.4) is 0 Å². The van der Waals surface area contributed by atoms with Gasteiger partial charge in [-0.2, -0.15) is 0 Å². The Morgan fingerprint density at radius 1 is 1.24 bits per heavy atom. The van der Waals surface area contributed by atoms with Gasteiger partial charge in [0.05, 0.1) is 12.1 Å². The Balaban J connectivity index is 0.00000156. The van der Waals surface area contributed by atoms with E-state index in [2.05, 4.69) is 17.1 Å². The van der Waals surface area contributed by atoms with Crippen LogP contribution in [0.1, 0.15) is 12.0 Å². The molecule has 2 aliphatic heterocycles. The summed E-state index contributed by atoms with van der Waals surface area (Å²) in [6.45, 7) is 6.03. The van der Waals surface area contributed by atoms with Crippen molar-refractivity contribution in [2.45, 2.75) is 25.5 Å². The van der Waals surface area contributed by atoms with E-state index in [0.29, 0.717) is 0 Å². The minimum absolute atomic E-state index is 0. The zero-order valence-corrected chi connectivity index (χ0v) is 16.9. The Morgan fingerprint density at radius 2 is 1.92 bits per heavy atom. The highest BCUT2D eigenvalue weighted by Crippen LogP contribution is 2.25. The molecular weight excluding hydrogens is 385 g/mol. The molecule has 1 N–H and O–H groups in total. The molecular formula is C17H26Cl3N3O2. The van der Waals surface area contributed by atoms with E-state index in [9.17, 15) is 4.79 Å². The largest absolute Gasteiger partial charge is 0.380 e. The molecule has 2 aliphatic rings. The zero-order chi connectivity index (χ0) is 16.4. The van der Waals surface area contributed by atoms with Crippen LogP contribution in [0, 0.1) is 6.92 Å². The highest BCUT2D eigenvalue weighted by atomic mass is 35.5. The average Bonchev–Trinajstić information content (AvgIpc) is 3.06. The van der Waals surface area contributed by atoms with Gasteiger partial charge in [-0.25, -0.2) is 0 Å². The zero-order valence-electron chi connectivity index (χ0n) is 14.5. The topological polar surface area (TPSA) is 44.8 Å². The van der Waals surface area contributed by atoms with Crippen LogP contribution in [0.25, 0.3) is 0 Å². The fraction of sp³-hybridized carbons (Fsp3) is 0.588. The summed E-state index contributed by atoms with van der Waals surface area (Å²) in [4.78, 5) is 16.9. The van der Waals surface area contributed by atoms with Crippen molar-refractivity contribution < 1.29 is 9.53 Å². The number of rotatable bonds is 3. The molecule has 2 saturated heterocycles. The van der Waals surface area contributed by atoms with Gasteiger partial charge >= 0.3 is 0 Å². The summed E-state index contributed by atoms with van der Waals surface area (Å²) in [6, 6.07) is 5.87. The van der Waals surface area contributed by atoms with E-state index in [4.69, 9.17) is 16.3 Å². The lowest BCUT2D eigenvalue weighted by molar-refractivity contribution is -0.133. The summed E-state index contributed by atoms with van der Waals surface area (Å²) >= 11 is 6.12. The number of nitrogens with zero attached hydrogens (tertiary/aromatic N) is 2. The van der Waals surface area contributed by atoms with Crippen LogP contribution in [0.5, 0.6) is 0 Å². The minimum Gasteiger partial charge on any atom is -0.380 e. The number of halogens is 3. The standard InChI is InChI=1S/C17H24ClN3O2.2ClH/c1-12-3-4-13(18)9-16(12)20-5-7-21(8-6-20)17(22)15-10-14(23-2)11-19-15;;/h3-4,9,14-15,19H,5-8,10-11H2,1-2H3;2*1H/t14-,15-;;/m0../s1. The van der Waals surface area contributed by atoms with Gasteiger partial charge in [0, 0.05) is 50.5 Å². The third kappa shape index (κ3) is 5.14. The molecule has 25 heavy (non-hydrogen) atoms. The fourth-order valence-electron chi connectivity index (χ4n) is 3.38. The van der Waals surface area contributed by atoms with Gasteiger partial charge in [0.2, 0.25) is 5.91 Å². The second kappa shape index (κ2) is 9.83. The van der Waals surface area contributed by atoms with Crippen molar-refractivity contribution in [3.8, 4) is 0 Å². The van der Waals surface area contributed by atoms with E-state index >= 15 is 0 Å². The van der Waals surface area contributed by atoms with Crippen molar-refractivity contribution in [2.75, 3.05) is 44.7 Å². The highest BCUT2D eigenvalue weighted by molar-refractivity contribution is 6.30. The first-order valence-electron chi connectivity index (χ1n) is 8.14. The quantitative estimate of drug-likeness (QED) is 0.831. The van der Waals surface area contributed by atoms with Crippen LogP contribution in [-0.2, 0) is 9.53 Å². The molecule has 2 fully saturated rings. The monoisotopic (exact) mass is 409 g/mol. The number of piperazine rings is 1. The Kier molecular flexibility index (Phi) is 8.78. The Hall–Kier alpha value is -0.720.